The molecule has 0 aliphatic carbocycles. The fraction of sp³-hybridized carbons (Fsp3) is 0.780. The van der Waals surface area contributed by atoms with E-state index in [9.17, 15) is 14.4 Å². The fourth-order valence-electron chi connectivity index (χ4n) is 7.88. The van der Waals surface area contributed by atoms with Crippen LogP contribution in [0.2, 0.25) is 0 Å². The lowest BCUT2D eigenvalue weighted by Gasteiger charge is -2.18. The van der Waals surface area contributed by atoms with Gasteiger partial charge in [0.2, 0.25) is 0 Å². The third-order valence-corrected chi connectivity index (χ3v) is 12.0. The second-order valence-electron chi connectivity index (χ2n) is 18.5. The van der Waals surface area contributed by atoms with Crippen molar-refractivity contribution in [2.45, 2.75) is 284 Å². The van der Waals surface area contributed by atoms with E-state index in [4.69, 9.17) is 14.2 Å². The SMILES string of the molecule is CC/C=C\C/C=C\C/C=C\C/C=C\C/C=C\CCCCCCCCCCCCCC(=O)OCC(COC(=O)CCCCCCCC)OC(=O)CCCCCCCCCCCCCCCC. The Morgan fingerprint density at radius 2 is 0.600 bits per heavy atom. The maximum Gasteiger partial charge on any atom is 0.306 e. The molecule has 0 N–H and O–H groups in total. The molecule has 0 bridgehead atoms. The summed E-state index contributed by atoms with van der Waals surface area (Å²) in [7, 11) is 0. The largest absolute Gasteiger partial charge is 0.462 e. The van der Waals surface area contributed by atoms with Gasteiger partial charge in [0.05, 0.1) is 0 Å². The molecule has 6 heteroatoms. The lowest BCUT2D eigenvalue weighted by molar-refractivity contribution is -0.167. The van der Waals surface area contributed by atoms with Gasteiger partial charge in [-0.1, -0.05) is 255 Å². The molecular weight excluding hydrogens is 805 g/mol. The minimum absolute atomic E-state index is 0.0719. The Kier molecular flexibility index (Phi) is 51.3. The van der Waals surface area contributed by atoms with Gasteiger partial charge in [-0.2, -0.15) is 0 Å². The van der Waals surface area contributed by atoms with Crippen molar-refractivity contribution >= 4 is 17.9 Å². The minimum atomic E-state index is -0.768. The third kappa shape index (κ3) is 51.9. The number of hydrogen-bond donors (Lipinski definition) is 0. The van der Waals surface area contributed by atoms with Gasteiger partial charge >= 0.3 is 17.9 Å². The van der Waals surface area contributed by atoms with Gasteiger partial charge in [0.1, 0.15) is 13.2 Å². The molecule has 0 rings (SSSR count). The van der Waals surface area contributed by atoms with Crippen molar-refractivity contribution in [1.29, 1.82) is 0 Å². The van der Waals surface area contributed by atoms with Crippen LogP contribution in [0.5, 0.6) is 0 Å². The standard InChI is InChI=1S/C59H104O6/c1-4-7-10-13-16-18-20-22-24-25-26-27-28-29-30-31-32-33-34-35-36-38-39-41-43-46-49-52-58(61)64-55-56(54-63-57(60)51-48-45-15-12-9-6-3)65-59(62)53-50-47-44-42-40-37-23-21-19-17-14-11-8-5-2/h7,10,16,18,22,24,26-27,29-30,56H,4-6,8-9,11-15,17,19-21,23,25,28,31-55H2,1-3H3/b10-7-,18-16-,24-22-,27-26-,30-29-. The molecule has 0 heterocycles. The van der Waals surface area contributed by atoms with E-state index in [1.165, 1.54) is 148 Å². The van der Waals surface area contributed by atoms with Crippen molar-refractivity contribution in [3.63, 3.8) is 0 Å². The minimum Gasteiger partial charge on any atom is -0.462 e. The van der Waals surface area contributed by atoms with Crippen molar-refractivity contribution in [2.75, 3.05) is 13.2 Å². The van der Waals surface area contributed by atoms with Crippen LogP contribution in [0, 0.1) is 0 Å². The number of carbonyl (C=O) groups is 3. The Morgan fingerprint density at radius 3 is 0.938 bits per heavy atom. The van der Waals surface area contributed by atoms with Crippen molar-refractivity contribution in [1.82, 2.24) is 0 Å². The van der Waals surface area contributed by atoms with E-state index in [2.05, 4.69) is 81.5 Å². The highest BCUT2D eigenvalue weighted by Crippen LogP contribution is 2.16. The summed E-state index contributed by atoms with van der Waals surface area (Å²) in [6.07, 6.45) is 66.7. The average molecular weight is 909 g/mol. The zero-order valence-electron chi connectivity index (χ0n) is 43.0. The lowest BCUT2D eigenvalue weighted by atomic mass is 10.0. The van der Waals surface area contributed by atoms with Gasteiger partial charge < -0.3 is 14.2 Å². The van der Waals surface area contributed by atoms with Crippen LogP contribution >= 0.6 is 0 Å². The van der Waals surface area contributed by atoms with Gasteiger partial charge in [-0.3, -0.25) is 14.4 Å². The van der Waals surface area contributed by atoms with Gasteiger partial charge in [-0.15, -0.1) is 0 Å². The smallest absolute Gasteiger partial charge is 0.306 e. The summed E-state index contributed by atoms with van der Waals surface area (Å²) in [6.45, 7) is 6.48. The summed E-state index contributed by atoms with van der Waals surface area (Å²) >= 11 is 0. The summed E-state index contributed by atoms with van der Waals surface area (Å²) in [5.41, 5.74) is 0. The van der Waals surface area contributed by atoms with Gasteiger partial charge in [-0.25, -0.2) is 0 Å². The highest BCUT2D eigenvalue weighted by Gasteiger charge is 2.19. The van der Waals surface area contributed by atoms with Crippen LogP contribution in [-0.4, -0.2) is 37.2 Å². The van der Waals surface area contributed by atoms with E-state index in [0.717, 1.165) is 89.9 Å². The van der Waals surface area contributed by atoms with E-state index in [1.54, 1.807) is 0 Å². The first-order valence-electron chi connectivity index (χ1n) is 27.8. The molecule has 0 aromatic carbocycles. The van der Waals surface area contributed by atoms with E-state index >= 15 is 0 Å². The Bertz CT molecular complexity index is 1180. The maximum atomic E-state index is 12.8. The first-order chi connectivity index (χ1) is 32.0. The van der Waals surface area contributed by atoms with Crippen molar-refractivity contribution in [3.8, 4) is 0 Å². The number of carbonyl (C=O) groups excluding carboxylic acids is 3. The summed E-state index contributed by atoms with van der Waals surface area (Å²) in [4.78, 5) is 37.8. The Balaban J connectivity index is 4.08. The highest BCUT2D eigenvalue weighted by atomic mass is 16.6. The van der Waals surface area contributed by atoms with Crippen LogP contribution in [0.3, 0.4) is 0 Å². The molecule has 1 atom stereocenters. The van der Waals surface area contributed by atoms with Crippen LogP contribution < -0.4 is 0 Å². The molecule has 0 aliphatic rings. The molecule has 0 amide bonds. The van der Waals surface area contributed by atoms with Gasteiger partial charge in [0, 0.05) is 19.3 Å². The molecule has 65 heavy (non-hydrogen) atoms. The van der Waals surface area contributed by atoms with Crippen LogP contribution in [0.25, 0.3) is 0 Å². The molecule has 376 valence electrons. The van der Waals surface area contributed by atoms with Gasteiger partial charge in [-0.05, 0) is 64.2 Å². The Labute approximate surface area is 402 Å². The molecule has 0 radical (unpaired) electrons. The van der Waals surface area contributed by atoms with E-state index < -0.39 is 6.10 Å². The topological polar surface area (TPSA) is 78.9 Å². The van der Waals surface area contributed by atoms with Crippen LogP contribution in [0.4, 0.5) is 0 Å². The fourth-order valence-corrected chi connectivity index (χ4v) is 7.88. The number of allylic oxidation sites excluding steroid dienone is 10. The first kappa shape index (κ1) is 62.1. The number of rotatable bonds is 50. The summed E-state index contributed by atoms with van der Waals surface area (Å²) in [5.74, 6) is -0.875. The molecule has 6 nitrogen and oxygen atoms in total. The van der Waals surface area contributed by atoms with Gasteiger partial charge in [0.15, 0.2) is 6.10 Å². The monoisotopic (exact) mass is 909 g/mol. The average Bonchev–Trinajstić information content (AvgIpc) is 3.30. The number of ether oxygens (including phenoxy) is 3. The van der Waals surface area contributed by atoms with Crippen molar-refractivity contribution < 1.29 is 28.6 Å². The zero-order valence-corrected chi connectivity index (χ0v) is 43.0. The summed E-state index contributed by atoms with van der Waals surface area (Å²) < 4.78 is 16.7. The summed E-state index contributed by atoms with van der Waals surface area (Å²) in [6, 6.07) is 0. The highest BCUT2D eigenvalue weighted by molar-refractivity contribution is 5.71. The molecule has 1 unspecified atom stereocenters. The Hall–Kier alpha value is -2.89. The number of unbranched alkanes of at least 4 members (excludes halogenated alkanes) is 29. The number of hydrogen-bond acceptors (Lipinski definition) is 6. The number of esters is 3. The molecule has 0 aliphatic heterocycles. The molecule has 0 saturated heterocycles. The second kappa shape index (κ2) is 53.7. The van der Waals surface area contributed by atoms with E-state index in [-0.39, 0.29) is 31.1 Å². The molecule has 0 saturated carbocycles. The predicted molar refractivity (Wildman–Crippen MR) is 279 cm³/mol. The zero-order chi connectivity index (χ0) is 47.2. The summed E-state index contributed by atoms with van der Waals surface area (Å²) in [5, 5.41) is 0. The second-order valence-corrected chi connectivity index (χ2v) is 18.5. The molecule has 0 spiro atoms. The third-order valence-electron chi connectivity index (χ3n) is 12.0. The molecular formula is C59H104O6. The van der Waals surface area contributed by atoms with Crippen molar-refractivity contribution in [3.05, 3.63) is 60.8 Å². The maximum absolute atomic E-state index is 12.8. The first-order valence-corrected chi connectivity index (χ1v) is 27.8. The van der Waals surface area contributed by atoms with Gasteiger partial charge in [0.25, 0.3) is 0 Å². The molecule has 0 aromatic heterocycles. The van der Waals surface area contributed by atoms with E-state index in [1.807, 2.05) is 0 Å². The normalized spacial score (nSPS) is 12.5. The quantitative estimate of drug-likeness (QED) is 0.0262. The van der Waals surface area contributed by atoms with E-state index in [0.29, 0.717) is 19.3 Å². The lowest BCUT2D eigenvalue weighted by Crippen LogP contribution is -2.30. The molecule has 0 aromatic rings. The van der Waals surface area contributed by atoms with Crippen LogP contribution in [-0.2, 0) is 28.6 Å². The van der Waals surface area contributed by atoms with Crippen molar-refractivity contribution in [2.24, 2.45) is 0 Å². The Morgan fingerprint density at radius 1 is 0.323 bits per heavy atom. The molecule has 0 fully saturated rings. The predicted octanol–water partition coefficient (Wildman–Crippen LogP) is 18.4. The van der Waals surface area contributed by atoms with Crippen LogP contribution in [0.1, 0.15) is 278 Å². The van der Waals surface area contributed by atoms with Crippen LogP contribution in [0.15, 0.2) is 60.8 Å².